The molecule has 0 unspecified atom stereocenters. The Morgan fingerprint density at radius 2 is 1.96 bits per heavy atom. The number of hydrogen-bond acceptors (Lipinski definition) is 3. The van der Waals surface area contributed by atoms with Crippen LogP contribution in [0.1, 0.15) is 29.1 Å². The van der Waals surface area contributed by atoms with E-state index in [0.717, 1.165) is 10.9 Å². The Bertz CT molecular complexity index is 839. The zero-order valence-corrected chi connectivity index (χ0v) is 12.8. The Hall–Kier alpha value is -2.82. The molecule has 0 saturated heterocycles. The molecule has 0 aliphatic rings. The van der Waals surface area contributed by atoms with E-state index in [-0.39, 0.29) is 23.5 Å². The summed E-state index contributed by atoms with van der Waals surface area (Å²) in [5.74, 6) is 0.142. The standard InChI is InChI=1S/C18H16FNO3/c1-11(12-6-8-14(19)9-7-12)20-18(21)16-10-13-4-3-5-15(22-2)17(13)23-16/h3-11H,1-2H3,(H,20,21)/t11-/m0/s1. The van der Waals surface area contributed by atoms with Crippen LogP contribution in [0.4, 0.5) is 4.39 Å². The minimum Gasteiger partial charge on any atom is -0.493 e. The number of amides is 1. The highest BCUT2D eigenvalue weighted by atomic mass is 19.1. The largest absolute Gasteiger partial charge is 0.493 e. The van der Waals surface area contributed by atoms with Gasteiger partial charge in [0.05, 0.1) is 13.2 Å². The van der Waals surface area contributed by atoms with E-state index in [9.17, 15) is 9.18 Å². The molecular weight excluding hydrogens is 297 g/mol. The van der Waals surface area contributed by atoms with Gasteiger partial charge in [-0.3, -0.25) is 4.79 Å². The summed E-state index contributed by atoms with van der Waals surface area (Å²) >= 11 is 0. The van der Waals surface area contributed by atoms with Gasteiger partial charge in [-0.05, 0) is 36.8 Å². The molecule has 23 heavy (non-hydrogen) atoms. The Balaban J connectivity index is 1.81. The maximum Gasteiger partial charge on any atom is 0.287 e. The molecule has 0 saturated carbocycles. The molecule has 1 amide bonds. The lowest BCUT2D eigenvalue weighted by Gasteiger charge is -2.13. The fourth-order valence-electron chi connectivity index (χ4n) is 2.41. The van der Waals surface area contributed by atoms with E-state index < -0.39 is 0 Å². The van der Waals surface area contributed by atoms with Gasteiger partial charge in [0.25, 0.3) is 5.91 Å². The predicted octanol–water partition coefficient (Wildman–Crippen LogP) is 4.07. The molecule has 2 aromatic carbocycles. The summed E-state index contributed by atoms with van der Waals surface area (Å²) in [5, 5.41) is 3.63. The van der Waals surface area contributed by atoms with Crippen LogP contribution < -0.4 is 10.1 Å². The summed E-state index contributed by atoms with van der Waals surface area (Å²) < 4.78 is 23.8. The maximum absolute atomic E-state index is 13.0. The third kappa shape index (κ3) is 3.04. The van der Waals surface area contributed by atoms with Crippen molar-refractivity contribution in [3.05, 3.63) is 65.7 Å². The smallest absolute Gasteiger partial charge is 0.287 e. The minimum atomic E-state index is -0.333. The summed E-state index contributed by atoms with van der Waals surface area (Å²) in [5.41, 5.74) is 1.35. The quantitative estimate of drug-likeness (QED) is 0.790. The van der Waals surface area contributed by atoms with Crippen molar-refractivity contribution in [2.75, 3.05) is 7.11 Å². The first kappa shape index (κ1) is 15.1. The van der Waals surface area contributed by atoms with Gasteiger partial charge in [-0.25, -0.2) is 4.39 Å². The second-order valence-electron chi connectivity index (χ2n) is 5.24. The van der Waals surface area contributed by atoms with Crippen LogP contribution >= 0.6 is 0 Å². The molecule has 0 aliphatic carbocycles. The van der Waals surface area contributed by atoms with E-state index in [1.54, 1.807) is 31.4 Å². The number of furan rings is 1. The van der Waals surface area contributed by atoms with Gasteiger partial charge in [0.2, 0.25) is 0 Å². The molecule has 0 radical (unpaired) electrons. The van der Waals surface area contributed by atoms with Crippen LogP contribution in [0.5, 0.6) is 5.75 Å². The highest BCUT2D eigenvalue weighted by molar-refractivity contribution is 5.97. The average molecular weight is 313 g/mol. The number of carbonyl (C=O) groups is 1. The van der Waals surface area contributed by atoms with E-state index in [0.29, 0.717) is 11.3 Å². The first-order valence-corrected chi connectivity index (χ1v) is 7.21. The molecule has 0 fully saturated rings. The number of rotatable bonds is 4. The Morgan fingerprint density at radius 1 is 1.22 bits per heavy atom. The van der Waals surface area contributed by atoms with Crippen LogP contribution in [0, 0.1) is 5.82 Å². The lowest BCUT2D eigenvalue weighted by molar-refractivity contribution is 0.0914. The summed E-state index contributed by atoms with van der Waals surface area (Å²) in [6, 6.07) is 12.9. The second-order valence-corrected chi connectivity index (χ2v) is 5.24. The van der Waals surface area contributed by atoms with Crippen molar-refractivity contribution in [2.24, 2.45) is 0 Å². The van der Waals surface area contributed by atoms with E-state index in [2.05, 4.69) is 5.32 Å². The number of methoxy groups -OCH3 is 1. The molecule has 1 heterocycles. The van der Waals surface area contributed by atoms with Crippen LogP contribution in [-0.4, -0.2) is 13.0 Å². The Kier molecular flexibility index (Phi) is 4.02. The zero-order chi connectivity index (χ0) is 16.4. The highest BCUT2D eigenvalue weighted by Crippen LogP contribution is 2.28. The van der Waals surface area contributed by atoms with Crippen molar-refractivity contribution < 1.29 is 18.3 Å². The SMILES string of the molecule is COc1cccc2cc(C(=O)N[C@@H](C)c3ccc(F)cc3)oc12. The number of carbonyl (C=O) groups excluding carboxylic acids is 1. The molecule has 3 rings (SSSR count). The van der Waals surface area contributed by atoms with E-state index >= 15 is 0 Å². The van der Waals surface area contributed by atoms with Gasteiger partial charge < -0.3 is 14.5 Å². The topological polar surface area (TPSA) is 51.5 Å². The molecule has 0 bridgehead atoms. The second kappa shape index (κ2) is 6.12. The normalized spacial score (nSPS) is 12.1. The first-order valence-electron chi connectivity index (χ1n) is 7.21. The van der Waals surface area contributed by atoms with Crippen LogP contribution in [0.25, 0.3) is 11.0 Å². The van der Waals surface area contributed by atoms with Crippen molar-refractivity contribution in [1.82, 2.24) is 5.32 Å². The Labute approximate surface area is 132 Å². The molecule has 1 atom stereocenters. The fraction of sp³-hybridized carbons (Fsp3) is 0.167. The van der Waals surface area contributed by atoms with Crippen molar-refractivity contribution in [1.29, 1.82) is 0 Å². The van der Waals surface area contributed by atoms with Crippen LogP contribution in [0.15, 0.2) is 52.9 Å². The van der Waals surface area contributed by atoms with Gasteiger partial charge in [-0.2, -0.15) is 0 Å². The molecule has 3 aromatic rings. The van der Waals surface area contributed by atoms with Crippen molar-refractivity contribution >= 4 is 16.9 Å². The molecule has 118 valence electrons. The minimum absolute atomic E-state index is 0.207. The number of benzene rings is 2. The third-order valence-electron chi connectivity index (χ3n) is 3.67. The summed E-state index contributed by atoms with van der Waals surface area (Å²) in [6.45, 7) is 1.83. The van der Waals surface area contributed by atoms with Crippen LogP contribution in [-0.2, 0) is 0 Å². The molecule has 1 N–H and O–H groups in total. The molecular formula is C18H16FNO3. The van der Waals surface area contributed by atoms with Gasteiger partial charge in [0.15, 0.2) is 17.1 Å². The lowest BCUT2D eigenvalue weighted by Crippen LogP contribution is -2.26. The van der Waals surface area contributed by atoms with E-state index in [4.69, 9.17) is 9.15 Å². The monoisotopic (exact) mass is 313 g/mol. The number of ether oxygens (including phenoxy) is 1. The van der Waals surface area contributed by atoms with Crippen LogP contribution in [0.3, 0.4) is 0 Å². The molecule has 1 aromatic heterocycles. The molecule has 0 aliphatic heterocycles. The van der Waals surface area contributed by atoms with Gasteiger partial charge in [0.1, 0.15) is 5.82 Å². The summed E-state index contributed by atoms with van der Waals surface area (Å²) in [7, 11) is 1.55. The lowest BCUT2D eigenvalue weighted by atomic mass is 10.1. The van der Waals surface area contributed by atoms with Crippen molar-refractivity contribution in [2.45, 2.75) is 13.0 Å². The number of hydrogen-bond donors (Lipinski definition) is 1. The summed E-state index contributed by atoms with van der Waals surface area (Å²) in [4.78, 5) is 12.3. The molecule has 5 heteroatoms. The van der Waals surface area contributed by atoms with Crippen molar-refractivity contribution in [3.8, 4) is 5.75 Å². The van der Waals surface area contributed by atoms with Gasteiger partial charge in [0, 0.05) is 5.39 Å². The maximum atomic E-state index is 13.0. The van der Waals surface area contributed by atoms with Gasteiger partial charge in [-0.15, -0.1) is 0 Å². The Morgan fingerprint density at radius 3 is 2.65 bits per heavy atom. The highest BCUT2D eigenvalue weighted by Gasteiger charge is 2.17. The predicted molar refractivity (Wildman–Crippen MR) is 85.0 cm³/mol. The van der Waals surface area contributed by atoms with Crippen LogP contribution in [0.2, 0.25) is 0 Å². The van der Waals surface area contributed by atoms with E-state index in [1.165, 1.54) is 12.1 Å². The molecule has 4 nitrogen and oxygen atoms in total. The van der Waals surface area contributed by atoms with Gasteiger partial charge in [-0.1, -0.05) is 24.3 Å². The number of fused-ring (bicyclic) bond motifs is 1. The fourth-order valence-corrected chi connectivity index (χ4v) is 2.41. The number of para-hydroxylation sites is 1. The number of halogens is 1. The average Bonchev–Trinajstić information content (AvgIpc) is 2.99. The van der Waals surface area contributed by atoms with Gasteiger partial charge >= 0.3 is 0 Å². The third-order valence-corrected chi connectivity index (χ3v) is 3.67. The summed E-state index contributed by atoms with van der Waals surface area (Å²) in [6.07, 6.45) is 0. The molecule has 0 spiro atoms. The zero-order valence-electron chi connectivity index (χ0n) is 12.8. The van der Waals surface area contributed by atoms with E-state index in [1.807, 2.05) is 19.1 Å². The number of nitrogens with one attached hydrogen (secondary N) is 1. The van der Waals surface area contributed by atoms with Crippen molar-refractivity contribution in [3.63, 3.8) is 0 Å². The first-order chi connectivity index (χ1) is 11.1.